The molecule has 1 rings (SSSR count). The second-order valence-electron chi connectivity index (χ2n) is 3.24. The van der Waals surface area contributed by atoms with E-state index in [0.717, 1.165) is 0 Å². The molecule has 0 fully saturated rings. The highest BCUT2D eigenvalue weighted by Gasteiger charge is 2.15. The van der Waals surface area contributed by atoms with Gasteiger partial charge in [0.25, 0.3) is 5.91 Å². The molecule has 0 aliphatic carbocycles. The topological polar surface area (TPSA) is 80.0 Å². The number of rotatable bonds is 5. The maximum absolute atomic E-state index is 11.8. The molecule has 0 aliphatic rings. The Hall–Kier alpha value is -0.950. The summed E-state index contributed by atoms with van der Waals surface area (Å²) in [4.78, 5) is 16.2. The minimum Gasteiger partial charge on any atom is -0.382 e. The zero-order chi connectivity index (χ0) is 12.1. The summed E-state index contributed by atoms with van der Waals surface area (Å²) in [6, 6.07) is 0. The molecule has 1 aromatic heterocycles. The average Bonchev–Trinajstić information content (AvgIpc) is 2.67. The van der Waals surface area contributed by atoms with Gasteiger partial charge in [-0.3, -0.25) is 4.79 Å². The van der Waals surface area contributed by atoms with E-state index >= 15 is 0 Å². The minimum atomic E-state index is -0.155. The number of thioether (sulfide) groups is 1. The lowest BCUT2D eigenvalue weighted by atomic mass is 10.4. The van der Waals surface area contributed by atoms with Crippen LogP contribution in [0.25, 0.3) is 0 Å². The third kappa shape index (κ3) is 3.28. The van der Waals surface area contributed by atoms with Gasteiger partial charge in [-0.05, 0) is 6.26 Å². The molecule has 0 saturated heterocycles. The first-order valence-corrected chi connectivity index (χ1v) is 6.94. The van der Waals surface area contributed by atoms with Crippen molar-refractivity contribution >= 4 is 40.0 Å². The largest absolute Gasteiger partial charge is 0.382 e. The first-order valence-electron chi connectivity index (χ1n) is 4.83. The molecular weight excluding hydrogens is 244 g/mol. The van der Waals surface area contributed by atoms with Crippen molar-refractivity contribution in [3.63, 3.8) is 0 Å². The molecule has 7 heteroatoms. The Morgan fingerprint density at radius 2 is 2.38 bits per heavy atom. The smallest absolute Gasteiger partial charge is 0.265 e. The van der Waals surface area contributed by atoms with Gasteiger partial charge in [0.1, 0.15) is 10.7 Å². The molecular formula is C9H16N4OS2. The molecule has 0 radical (unpaired) electrons. The van der Waals surface area contributed by atoms with E-state index < -0.39 is 0 Å². The fourth-order valence-electron chi connectivity index (χ4n) is 1.00. The van der Waals surface area contributed by atoms with Crippen molar-refractivity contribution in [2.45, 2.75) is 12.2 Å². The molecule has 0 spiro atoms. The van der Waals surface area contributed by atoms with E-state index in [1.54, 1.807) is 18.8 Å². The molecule has 1 heterocycles. The standard InChI is InChI=1S/C9H16N4OS2/c1-5(15-3)4-12-8(14)6-7(10)13-9(11-2)16-6/h5H,4,10H2,1-3H3,(H,11,13)(H,12,14). The summed E-state index contributed by atoms with van der Waals surface area (Å²) in [6.45, 7) is 2.69. The first kappa shape index (κ1) is 13.1. The first-order chi connectivity index (χ1) is 7.58. The number of carbonyl (C=O) groups is 1. The summed E-state index contributed by atoms with van der Waals surface area (Å²) < 4.78 is 0. The molecule has 1 atom stereocenters. The highest BCUT2D eigenvalue weighted by Crippen LogP contribution is 2.24. The second-order valence-corrected chi connectivity index (χ2v) is 5.51. The molecule has 0 bridgehead atoms. The van der Waals surface area contributed by atoms with Crippen LogP contribution in [0.2, 0.25) is 0 Å². The predicted octanol–water partition coefficient (Wildman–Crippen LogP) is 1.25. The van der Waals surface area contributed by atoms with E-state index in [0.29, 0.717) is 21.8 Å². The quantitative estimate of drug-likeness (QED) is 0.742. The van der Waals surface area contributed by atoms with Crippen LogP contribution in [-0.2, 0) is 0 Å². The van der Waals surface area contributed by atoms with Crippen molar-refractivity contribution in [2.75, 3.05) is 30.9 Å². The van der Waals surface area contributed by atoms with Gasteiger partial charge in [0.05, 0.1) is 0 Å². The maximum Gasteiger partial charge on any atom is 0.265 e. The molecule has 1 aromatic rings. The van der Waals surface area contributed by atoms with Gasteiger partial charge in [0.15, 0.2) is 5.13 Å². The lowest BCUT2D eigenvalue weighted by Crippen LogP contribution is -2.29. The van der Waals surface area contributed by atoms with Gasteiger partial charge < -0.3 is 16.4 Å². The van der Waals surface area contributed by atoms with Crippen molar-refractivity contribution < 1.29 is 4.79 Å². The third-order valence-corrected chi connectivity index (χ3v) is 4.08. The lowest BCUT2D eigenvalue weighted by Gasteiger charge is -2.08. The Bertz CT molecular complexity index is 366. The molecule has 16 heavy (non-hydrogen) atoms. The van der Waals surface area contributed by atoms with Crippen LogP contribution in [0.5, 0.6) is 0 Å². The molecule has 90 valence electrons. The summed E-state index contributed by atoms with van der Waals surface area (Å²) in [5, 5.41) is 6.74. The fourth-order valence-corrected chi connectivity index (χ4v) is 2.01. The number of aromatic nitrogens is 1. The molecule has 1 amide bonds. The number of nitrogens with two attached hydrogens (primary N) is 1. The van der Waals surface area contributed by atoms with Gasteiger partial charge in [-0.1, -0.05) is 18.3 Å². The summed E-state index contributed by atoms with van der Waals surface area (Å²) >= 11 is 2.97. The van der Waals surface area contributed by atoms with Crippen LogP contribution in [0.3, 0.4) is 0 Å². The van der Waals surface area contributed by atoms with E-state index in [1.165, 1.54) is 11.3 Å². The van der Waals surface area contributed by atoms with Crippen LogP contribution in [0.15, 0.2) is 0 Å². The highest BCUT2D eigenvalue weighted by molar-refractivity contribution is 7.99. The van der Waals surface area contributed by atoms with Crippen molar-refractivity contribution in [1.29, 1.82) is 0 Å². The molecule has 4 N–H and O–H groups in total. The maximum atomic E-state index is 11.8. The molecule has 5 nitrogen and oxygen atoms in total. The number of nitrogens with zero attached hydrogens (tertiary/aromatic N) is 1. The van der Waals surface area contributed by atoms with Gasteiger partial charge in [0, 0.05) is 18.8 Å². The predicted molar refractivity (Wildman–Crippen MR) is 71.4 cm³/mol. The molecule has 1 unspecified atom stereocenters. The second kappa shape index (κ2) is 5.95. The number of thiazole rings is 1. The number of anilines is 2. The SMILES string of the molecule is CNc1nc(N)c(C(=O)NCC(C)SC)s1. The number of carbonyl (C=O) groups excluding carboxylic acids is 1. The van der Waals surface area contributed by atoms with Crippen LogP contribution in [0.1, 0.15) is 16.6 Å². The molecule has 0 aliphatic heterocycles. The summed E-state index contributed by atoms with van der Waals surface area (Å²) in [5.74, 6) is 0.126. The monoisotopic (exact) mass is 260 g/mol. The van der Waals surface area contributed by atoms with Crippen molar-refractivity contribution in [3.05, 3.63) is 4.88 Å². The summed E-state index contributed by atoms with van der Waals surface area (Å²) in [6.07, 6.45) is 2.01. The van der Waals surface area contributed by atoms with Gasteiger partial charge in [-0.2, -0.15) is 11.8 Å². The van der Waals surface area contributed by atoms with Crippen molar-refractivity contribution in [1.82, 2.24) is 10.3 Å². The molecule has 0 saturated carbocycles. The fraction of sp³-hybridized carbons (Fsp3) is 0.556. The Kier molecular flexibility index (Phi) is 4.88. The Balaban J connectivity index is 2.62. The Morgan fingerprint density at radius 3 is 2.88 bits per heavy atom. The number of nitrogen functional groups attached to an aromatic ring is 1. The lowest BCUT2D eigenvalue weighted by molar-refractivity contribution is 0.0959. The van der Waals surface area contributed by atoms with Crippen molar-refractivity contribution in [3.8, 4) is 0 Å². The Labute approximate surface area is 103 Å². The average molecular weight is 260 g/mol. The van der Waals surface area contributed by atoms with Crippen LogP contribution in [-0.4, -0.2) is 36.0 Å². The summed E-state index contributed by atoms with van der Waals surface area (Å²) in [7, 11) is 1.75. The van der Waals surface area contributed by atoms with E-state index in [1.807, 2.05) is 6.26 Å². The van der Waals surface area contributed by atoms with Crippen LogP contribution in [0.4, 0.5) is 10.9 Å². The minimum absolute atomic E-state index is 0.155. The van der Waals surface area contributed by atoms with Crippen LogP contribution >= 0.6 is 23.1 Å². The normalized spacial score (nSPS) is 12.2. The zero-order valence-corrected chi connectivity index (χ0v) is 11.2. The third-order valence-electron chi connectivity index (χ3n) is 2.03. The summed E-state index contributed by atoms with van der Waals surface area (Å²) in [5.41, 5.74) is 5.65. The van der Waals surface area contributed by atoms with E-state index in [4.69, 9.17) is 5.73 Å². The van der Waals surface area contributed by atoms with Crippen LogP contribution in [0, 0.1) is 0 Å². The van der Waals surface area contributed by atoms with E-state index in [9.17, 15) is 4.79 Å². The van der Waals surface area contributed by atoms with E-state index in [2.05, 4.69) is 22.5 Å². The number of amides is 1. The van der Waals surface area contributed by atoms with E-state index in [-0.39, 0.29) is 11.7 Å². The number of nitrogens with one attached hydrogen (secondary N) is 2. The van der Waals surface area contributed by atoms with Gasteiger partial charge in [-0.15, -0.1) is 0 Å². The molecule has 0 aromatic carbocycles. The van der Waals surface area contributed by atoms with Gasteiger partial charge in [0.2, 0.25) is 0 Å². The Morgan fingerprint density at radius 1 is 1.69 bits per heavy atom. The number of hydrogen-bond acceptors (Lipinski definition) is 6. The highest BCUT2D eigenvalue weighted by atomic mass is 32.2. The van der Waals surface area contributed by atoms with Crippen LogP contribution < -0.4 is 16.4 Å². The van der Waals surface area contributed by atoms with Crippen molar-refractivity contribution in [2.24, 2.45) is 0 Å². The van der Waals surface area contributed by atoms with Gasteiger partial charge in [-0.25, -0.2) is 4.98 Å². The zero-order valence-electron chi connectivity index (χ0n) is 9.53. The number of hydrogen-bond donors (Lipinski definition) is 3. The van der Waals surface area contributed by atoms with Gasteiger partial charge >= 0.3 is 0 Å².